The smallest absolute Gasteiger partial charge is 0.330 e. The van der Waals surface area contributed by atoms with Gasteiger partial charge in [-0.05, 0) is 44.4 Å². The monoisotopic (exact) mass is 770 g/mol. The number of aryl methyl sites for hydroxylation is 1. The zero-order valence-electron chi connectivity index (χ0n) is 28.9. The van der Waals surface area contributed by atoms with E-state index in [-0.39, 0.29) is 31.1 Å². The van der Waals surface area contributed by atoms with Crippen molar-refractivity contribution in [3.05, 3.63) is 32.6 Å². The standard InChI is InChI=1S/C30H51N4O15PS/c1-17-14-34(30(42)33-27(17)41)28-26(49-50(43,51)44-3)25(20(16-36)47-28)45-12-8-5-4-7-11-31-21(38)10-6-9-13-46-29-22(32-18(2)37)24(40)23(39)19(15-35)48-29/h14,19-20,22-26,28-29,35-36,39-40H,4-13,15-16H2,1-3H3,(H,31,38)(H,32,37)(H,43,51)(H,33,41,42)/t19-,20-,22-,23+,24-,25?,26+,28-,29-,50?/m1/s1. The minimum Gasteiger partial charge on any atom is -0.394 e. The molecular formula is C30H51N4O15PS. The Morgan fingerprint density at radius 2 is 1.65 bits per heavy atom. The lowest BCUT2D eigenvalue weighted by Gasteiger charge is -2.42. The molecule has 2 saturated heterocycles. The Balaban J connectivity index is 1.35. The number of hydrogen-bond acceptors (Lipinski definition) is 15. The molecule has 1 aromatic rings. The highest BCUT2D eigenvalue weighted by molar-refractivity contribution is 8.07. The first kappa shape index (κ1) is 43.2. The number of carbonyl (C=O) groups is 2. The van der Waals surface area contributed by atoms with Crippen molar-refractivity contribution in [2.45, 2.75) is 114 Å². The molecule has 19 nitrogen and oxygen atoms in total. The summed E-state index contributed by atoms with van der Waals surface area (Å²) in [4.78, 5) is 60.9. The van der Waals surface area contributed by atoms with Crippen LogP contribution in [0.2, 0.25) is 0 Å². The van der Waals surface area contributed by atoms with Crippen molar-refractivity contribution in [1.29, 1.82) is 0 Å². The van der Waals surface area contributed by atoms with Crippen LogP contribution in [0.1, 0.15) is 63.7 Å². The third-order valence-electron chi connectivity index (χ3n) is 8.41. The topological polar surface area (TPSA) is 270 Å². The van der Waals surface area contributed by atoms with Gasteiger partial charge in [0.25, 0.3) is 5.56 Å². The number of nitrogens with one attached hydrogen (secondary N) is 3. The van der Waals surface area contributed by atoms with Crippen molar-refractivity contribution in [1.82, 2.24) is 20.2 Å². The molecule has 0 spiro atoms. The molecule has 10 atom stereocenters. The van der Waals surface area contributed by atoms with Crippen LogP contribution in [-0.4, -0.2) is 136 Å². The van der Waals surface area contributed by atoms with E-state index in [9.17, 15) is 44.5 Å². The Kier molecular flexibility index (Phi) is 17.7. The van der Waals surface area contributed by atoms with E-state index in [2.05, 4.69) is 15.6 Å². The SMILES string of the molecule is COP(O)(=S)O[C@H]1C(OCCCCCCNC(=O)CCCCO[C@@H]2O[C@H](CO)[C@H](O)[C@H](O)[C@H]2NC(C)=O)[C@@H](CO)O[C@H]1n1cc(C)c(=O)[nH]c1=O. The third kappa shape index (κ3) is 12.7. The number of aliphatic hydroxyl groups excluding tert-OH is 4. The minimum atomic E-state index is -3.77. The van der Waals surface area contributed by atoms with E-state index in [0.29, 0.717) is 32.2 Å². The predicted octanol–water partition coefficient (Wildman–Crippen LogP) is -1.82. The van der Waals surface area contributed by atoms with Crippen LogP contribution in [0.5, 0.6) is 0 Å². The summed E-state index contributed by atoms with van der Waals surface area (Å²) in [5, 5.41) is 45.2. The third-order valence-corrected chi connectivity index (χ3v) is 10.1. The lowest BCUT2D eigenvalue weighted by molar-refractivity contribution is -0.270. The second kappa shape index (κ2) is 20.9. The summed E-state index contributed by atoms with van der Waals surface area (Å²) in [6.07, 6.45) is -3.76. The van der Waals surface area contributed by atoms with Gasteiger partial charge in [-0.25, -0.2) is 4.79 Å². The number of aliphatic hydroxyl groups is 4. The lowest BCUT2D eigenvalue weighted by Crippen LogP contribution is -2.64. The molecule has 21 heteroatoms. The van der Waals surface area contributed by atoms with Crippen LogP contribution in [0.4, 0.5) is 0 Å². The number of carbonyl (C=O) groups excluding carboxylic acids is 2. The second-order valence-electron chi connectivity index (χ2n) is 12.3. The zero-order valence-corrected chi connectivity index (χ0v) is 30.6. The van der Waals surface area contributed by atoms with Crippen LogP contribution in [-0.2, 0) is 49.4 Å². The number of aromatic nitrogens is 2. The van der Waals surface area contributed by atoms with Crippen molar-refractivity contribution in [2.75, 3.05) is 40.1 Å². The number of rotatable bonds is 21. The van der Waals surface area contributed by atoms with Crippen LogP contribution in [0, 0.1) is 6.92 Å². The first-order valence-electron chi connectivity index (χ1n) is 16.8. The van der Waals surface area contributed by atoms with Gasteiger partial charge in [0, 0.05) is 52.0 Å². The zero-order chi connectivity index (χ0) is 37.7. The molecule has 1 aromatic heterocycles. The number of amides is 2. The Morgan fingerprint density at radius 3 is 2.31 bits per heavy atom. The Labute approximate surface area is 299 Å². The van der Waals surface area contributed by atoms with Gasteiger partial charge < -0.3 is 59.4 Å². The molecule has 0 saturated carbocycles. The lowest BCUT2D eigenvalue weighted by atomic mass is 9.97. The fourth-order valence-corrected chi connectivity index (χ4v) is 6.60. The molecule has 3 rings (SSSR count). The van der Waals surface area contributed by atoms with Gasteiger partial charge >= 0.3 is 12.4 Å². The van der Waals surface area contributed by atoms with Crippen molar-refractivity contribution in [3.63, 3.8) is 0 Å². The molecule has 3 heterocycles. The van der Waals surface area contributed by atoms with E-state index in [4.69, 9.17) is 39.8 Å². The van der Waals surface area contributed by atoms with E-state index in [1.807, 2.05) is 0 Å². The van der Waals surface area contributed by atoms with E-state index in [1.165, 1.54) is 27.2 Å². The van der Waals surface area contributed by atoms with Gasteiger partial charge in [0.15, 0.2) is 12.5 Å². The molecule has 0 aliphatic carbocycles. The van der Waals surface area contributed by atoms with Crippen molar-refractivity contribution in [2.24, 2.45) is 0 Å². The average molecular weight is 771 g/mol. The normalized spacial score (nSPS) is 29.1. The molecule has 2 unspecified atom stereocenters. The summed E-state index contributed by atoms with van der Waals surface area (Å²) in [6.45, 7) is -1.18. The maximum atomic E-state index is 12.6. The number of ether oxygens (including phenoxy) is 4. The molecule has 2 aliphatic rings. The molecule has 292 valence electrons. The number of hydrogen-bond donors (Lipinski definition) is 8. The summed E-state index contributed by atoms with van der Waals surface area (Å²) >= 11 is 5.02. The number of H-pyrrole nitrogens is 1. The molecule has 0 aromatic carbocycles. The summed E-state index contributed by atoms with van der Waals surface area (Å²) < 4.78 is 34.7. The van der Waals surface area contributed by atoms with Crippen molar-refractivity contribution in [3.8, 4) is 0 Å². The molecule has 0 radical (unpaired) electrons. The maximum Gasteiger partial charge on any atom is 0.330 e. The molecule has 2 fully saturated rings. The largest absolute Gasteiger partial charge is 0.394 e. The van der Waals surface area contributed by atoms with Gasteiger partial charge in [-0.2, -0.15) is 0 Å². The summed E-state index contributed by atoms with van der Waals surface area (Å²) in [5.74, 6) is -0.577. The summed E-state index contributed by atoms with van der Waals surface area (Å²) in [5.41, 5.74) is -1.13. The fraction of sp³-hybridized carbons (Fsp3) is 0.800. The quantitative estimate of drug-likeness (QED) is 0.0505. The van der Waals surface area contributed by atoms with E-state index < -0.39 is 92.3 Å². The van der Waals surface area contributed by atoms with Crippen LogP contribution < -0.4 is 21.9 Å². The highest BCUT2D eigenvalue weighted by atomic mass is 32.5. The average Bonchev–Trinajstić information content (AvgIpc) is 3.42. The van der Waals surface area contributed by atoms with E-state index in [0.717, 1.165) is 17.4 Å². The fourth-order valence-electron chi connectivity index (χ4n) is 5.68. The van der Waals surface area contributed by atoms with Crippen LogP contribution in [0.15, 0.2) is 15.8 Å². The van der Waals surface area contributed by atoms with Gasteiger partial charge in [-0.15, -0.1) is 0 Å². The molecule has 2 aliphatic heterocycles. The number of aromatic amines is 1. The first-order valence-corrected chi connectivity index (χ1v) is 19.4. The van der Waals surface area contributed by atoms with Crippen LogP contribution in [0.25, 0.3) is 0 Å². The van der Waals surface area contributed by atoms with Gasteiger partial charge in [-0.1, -0.05) is 12.8 Å². The number of unbranched alkanes of at least 4 members (excludes halogenated alkanes) is 4. The molecule has 0 bridgehead atoms. The van der Waals surface area contributed by atoms with Gasteiger partial charge in [0.1, 0.15) is 42.7 Å². The van der Waals surface area contributed by atoms with Gasteiger partial charge in [0.05, 0.1) is 13.2 Å². The second-order valence-corrected chi connectivity index (χ2v) is 15.2. The highest BCUT2D eigenvalue weighted by Gasteiger charge is 2.50. The first-order chi connectivity index (χ1) is 24.2. The molecule has 8 N–H and O–H groups in total. The highest BCUT2D eigenvalue weighted by Crippen LogP contribution is 2.49. The van der Waals surface area contributed by atoms with Crippen LogP contribution >= 0.6 is 6.72 Å². The summed E-state index contributed by atoms with van der Waals surface area (Å²) in [7, 11) is 1.18. The number of nitrogens with zero attached hydrogens (tertiary/aromatic N) is 1. The molecule has 2 amide bonds. The minimum absolute atomic E-state index is 0.128. The maximum absolute atomic E-state index is 12.6. The van der Waals surface area contributed by atoms with Gasteiger partial charge in [-0.3, -0.25) is 28.5 Å². The van der Waals surface area contributed by atoms with E-state index >= 15 is 0 Å². The van der Waals surface area contributed by atoms with Crippen molar-refractivity contribution < 1.29 is 62.9 Å². The predicted molar refractivity (Wildman–Crippen MR) is 182 cm³/mol. The van der Waals surface area contributed by atoms with E-state index in [1.54, 1.807) is 0 Å². The molecular weight excluding hydrogens is 719 g/mol. The Hall–Kier alpha value is -2.17. The Bertz CT molecular complexity index is 1430. The van der Waals surface area contributed by atoms with Crippen molar-refractivity contribution >= 4 is 30.3 Å². The van der Waals surface area contributed by atoms with Crippen LogP contribution in [0.3, 0.4) is 0 Å². The summed E-state index contributed by atoms with van der Waals surface area (Å²) in [6, 6.07) is -1.02. The molecule has 51 heavy (non-hydrogen) atoms. The van der Waals surface area contributed by atoms with Gasteiger partial charge in [0.2, 0.25) is 11.8 Å². The Morgan fingerprint density at radius 1 is 0.980 bits per heavy atom.